The SMILES string of the molecule is Cc1cc(CSc2cc(C)c(Cl)cc2C)no1. The molecular weight excluding hydrogens is 254 g/mol. The van der Waals surface area contributed by atoms with Crippen molar-refractivity contribution in [1.29, 1.82) is 0 Å². The van der Waals surface area contributed by atoms with Crippen molar-refractivity contribution in [2.24, 2.45) is 0 Å². The van der Waals surface area contributed by atoms with Crippen molar-refractivity contribution in [2.45, 2.75) is 31.4 Å². The molecule has 0 bridgehead atoms. The Morgan fingerprint density at radius 1 is 1.18 bits per heavy atom. The van der Waals surface area contributed by atoms with Gasteiger partial charge < -0.3 is 4.52 Å². The molecule has 0 aliphatic rings. The molecule has 0 amide bonds. The van der Waals surface area contributed by atoms with Crippen molar-refractivity contribution in [1.82, 2.24) is 5.16 Å². The second-order valence-electron chi connectivity index (χ2n) is 4.08. The van der Waals surface area contributed by atoms with Crippen molar-refractivity contribution in [3.05, 3.63) is 45.8 Å². The van der Waals surface area contributed by atoms with Gasteiger partial charge in [0, 0.05) is 21.7 Å². The standard InChI is InChI=1S/C13H14ClNOS/c1-8-5-13(9(2)4-12(8)14)17-7-11-6-10(3)16-15-11/h4-6H,7H2,1-3H3. The number of halogens is 1. The van der Waals surface area contributed by atoms with E-state index in [0.29, 0.717) is 0 Å². The molecule has 1 aromatic carbocycles. The molecule has 0 fully saturated rings. The minimum absolute atomic E-state index is 0.819. The van der Waals surface area contributed by atoms with Crippen LogP contribution in [0.4, 0.5) is 0 Å². The third kappa shape index (κ3) is 3.05. The van der Waals surface area contributed by atoms with Gasteiger partial charge >= 0.3 is 0 Å². The molecule has 0 aliphatic heterocycles. The highest BCUT2D eigenvalue weighted by Gasteiger charge is 2.06. The van der Waals surface area contributed by atoms with Gasteiger partial charge in [-0.15, -0.1) is 11.8 Å². The van der Waals surface area contributed by atoms with E-state index in [0.717, 1.165) is 27.8 Å². The molecule has 0 unspecified atom stereocenters. The molecule has 0 atom stereocenters. The van der Waals surface area contributed by atoms with Crippen molar-refractivity contribution >= 4 is 23.4 Å². The lowest BCUT2D eigenvalue weighted by Gasteiger charge is -2.07. The Bertz CT molecular complexity index is 536. The summed E-state index contributed by atoms with van der Waals surface area (Å²) in [5.41, 5.74) is 3.28. The van der Waals surface area contributed by atoms with E-state index in [-0.39, 0.29) is 0 Å². The summed E-state index contributed by atoms with van der Waals surface area (Å²) in [5.74, 6) is 1.67. The van der Waals surface area contributed by atoms with Crippen molar-refractivity contribution in [2.75, 3.05) is 0 Å². The van der Waals surface area contributed by atoms with Crippen LogP contribution < -0.4 is 0 Å². The zero-order chi connectivity index (χ0) is 12.4. The van der Waals surface area contributed by atoms with Crippen LogP contribution in [0.5, 0.6) is 0 Å². The Balaban J connectivity index is 2.11. The first-order chi connectivity index (χ1) is 8.06. The lowest BCUT2D eigenvalue weighted by Crippen LogP contribution is -1.86. The number of aromatic nitrogens is 1. The maximum absolute atomic E-state index is 6.07. The molecule has 0 aliphatic carbocycles. The summed E-state index contributed by atoms with van der Waals surface area (Å²) in [6, 6.07) is 6.09. The maximum Gasteiger partial charge on any atom is 0.133 e. The van der Waals surface area contributed by atoms with Crippen LogP contribution in [0, 0.1) is 20.8 Å². The lowest BCUT2D eigenvalue weighted by molar-refractivity contribution is 0.393. The highest BCUT2D eigenvalue weighted by Crippen LogP contribution is 2.30. The average molecular weight is 268 g/mol. The van der Waals surface area contributed by atoms with Gasteiger partial charge in [-0.05, 0) is 44.0 Å². The van der Waals surface area contributed by atoms with Crippen molar-refractivity contribution < 1.29 is 4.52 Å². The quantitative estimate of drug-likeness (QED) is 0.764. The first kappa shape index (κ1) is 12.5. The number of hydrogen-bond donors (Lipinski definition) is 0. The van der Waals surface area contributed by atoms with Crippen LogP contribution in [0.25, 0.3) is 0 Å². The highest BCUT2D eigenvalue weighted by atomic mass is 35.5. The zero-order valence-corrected chi connectivity index (χ0v) is 11.7. The summed E-state index contributed by atoms with van der Waals surface area (Å²) in [4.78, 5) is 1.24. The Labute approximate surface area is 110 Å². The zero-order valence-electron chi connectivity index (χ0n) is 10.1. The summed E-state index contributed by atoms with van der Waals surface area (Å²) >= 11 is 7.83. The summed E-state index contributed by atoms with van der Waals surface area (Å²) in [5, 5.41) is 4.80. The third-order valence-electron chi connectivity index (χ3n) is 2.51. The van der Waals surface area contributed by atoms with E-state index < -0.39 is 0 Å². The second-order valence-corrected chi connectivity index (χ2v) is 5.51. The molecule has 1 heterocycles. The van der Waals surface area contributed by atoms with E-state index in [4.69, 9.17) is 16.1 Å². The fourth-order valence-corrected chi connectivity index (χ4v) is 2.75. The molecule has 0 spiro atoms. The van der Waals surface area contributed by atoms with Gasteiger partial charge in [-0.2, -0.15) is 0 Å². The predicted octanol–water partition coefficient (Wildman–Crippen LogP) is 4.55. The van der Waals surface area contributed by atoms with E-state index in [1.165, 1.54) is 10.5 Å². The molecule has 2 rings (SSSR count). The first-order valence-electron chi connectivity index (χ1n) is 5.38. The van der Waals surface area contributed by atoms with Crippen LogP contribution in [0.1, 0.15) is 22.6 Å². The maximum atomic E-state index is 6.07. The van der Waals surface area contributed by atoms with Crippen LogP contribution in [-0.4, -0.2) is 5.16 Å². The fourth-order valence-electron chi connectivity index (χ4n) is 1.55. The normalized spacial score (nSPS) is 10.8. The van der Waals surface area contributed by atoms with Gasteiger partial charge in [-0.1, -0.05) is 16.8 Å². The van der Waals surface area contributed by atoms with Crippen LogP contribution in [0.2, 0.25) is 5.02 Å². The summed E-state index contributed by atoms with van der Waals surface area (Å²) in [6.45, 7) is 5.99. The van der Waals surface area contributed by atoms with Gasteiger partial charge in [0.25, 0.3) is 0 Å². The second kappa shape index (κ2) is 5.15. The fraction of sp³-hybridized carbons (Fsp3) is 0.308. The number of nitrogens with zero attached hydrogens (tertiary/aromatic N) is 1. The van der Waals surface area contributed by atoms with E-state index >= 15 is 0 Å². The molecule has 1 aromatic heterocycles. The van der Waals surface area contributed by atoms with Gasteiger partial charge in [-0.3, -0.25) is 0 Å². The topological polar surface area (TPSA) is 26.0 Å². The highest BCUT2D eigenvalue weighted by molar-refractivity contribution is 7.98. The van der Waals surface area contributed by atoms with Crippen LogP contribution in [0.3, 0.4) is 0 Å². The molecule has 0 saturated carbocycles. The molecular formula is C13H14ClNOS. The molecule has 2 nitrogen and oxygen atoms in total. The third-order valence-corrected chi connectivity index (χ3v) is 4.11. The Morgan fingerprint density at radius 2 is 1.94 bits per heavy atom. The van der Waals surface area contributed by atoms with Gasteiger partial charge in [0.05, 0.1) is 5.69 Å². The van der Waals surface area contributed by atoms with Gasteiger partial charge in [0.15, 0.2) is 0 Å². The molecule has 0 saturated heterocycles. The summed E-state index contributed by atoms with van der Waals surface area (Å²) in [7, 11) is 0. The minimum Gasteiger partial charge on any atom is -0.361 e. The molecule has 17 heavy (non-hydrogen) atoms. The summed E-state index contributed by atoms with van der Waals surface area (Å²) < 4.78 is 5.04. The molecule has 4 heteroatoms. The first-order valence-corrected chi connectivity index (χ1v) is 6.74. The van der Waals surface area contributed by atoms with Gasteiger partial charge in [0.1, 0.15) is 5.76 Å². The predicted molar refractivity (Wildman–Crippen MR) is 71.7 cm³/mol. The molecule has 2 aromatic rings. The number of benzene rings is 1. The lowest BCUT2D eigenvalue weighted by atomic mass is 10.2. The minimum atomic E-state index is 0.819. The molecule has 0 N–H and O–H groups in total. The van der Waals surface area contributed by atoms with Crippen LogP contribution in [0.15, 0.2) is 27.6 Å². The number of aryl methyl sites for hydroxylation is 3. The number of hydrogen-bond acceptors (Lipinski definition) is 3. The van der Waals surface area contributed by atoms with Gasteiger partial charge in [-0.25, -0.2) is 0 Å². The molecule has 90 valence electrons. The summed E-state index contributed by atoms with van der Waals surface area (Å²) in [6.07, 6.45) is 0. The van der Waals surface area contributed by atoms with E-state index in [1.54, 1.807) is 11.8 Å². The molecule has 0 radical (unpaired) electrons. The largest absolute Gasteiger partial charge is 0.361 e. The average Bonchev–Trinajstić information content (AvgIpc) is 2.68. The van der Waals surface area contributed by atoms with Crippen LogP contribution >= 0.6 is 23.4 Å². The van der Waals surface area contributed by atoms with E-state index in [2.05, 4.69) is 18.1 Å². The Hall–Kier alpha value is -0.930. The smallest absolute Gasteiger partial charge is 0.133 e. The van der Waals surface area contributed by atoms with Crippen LogP contribution in [-0.2, 0) is 5.75 Å². The van der Waals surface area contributed by atoms with Gasteiger partial charge in [0.2, 0.25) is 0 Å². The van der Waals surface area contributed by atoms with Crippen molar-refractivity contribution in [3.63, 3.8) is 0 Å². The Kier molecular flexibility index (Phi) is 3.79. The monoisotopic (exact) mass is 267 g/mol. The van der Waals surface area contributed by atoms with Crippen molar-refractivity contribution in [3.8, 4) is 0 Å². The van der Waals surface area contributed by atoms with E-state index in [1.807, 2.05) is 26.0 Å². The van der Waals surface area contributed by atoms with E-state index in [9.17, 15) is 0 Å². The number of rotatable bonds is 3. The Morgan fingerprint density at radius 3 is 2.59 bits per heavy atom. The number of thioether (sulfide) groups is 1.